The molecule has 2 nitrogen and oxygen atoms in total. The standard InChI is InChI=1S/C14H24N2S/c1-11-12(9-14(17-11)10-15-2)5-3-4-8-16-13-6-7-13/h9,13,15-16H,3-8,10H2,1-2H3. The molecule has 2 N–H and O–H groups in total. The van der Waals surface area contributed by atoms with Gasteiger partial charge in [0.1, 0.15) is 0 Å². The lowest BCUT2D eigenvalue weighted by atomic mass is 10.1. The molecule has 3 heteroatoms. The van der Waals surface area contributed by atoms with E-state index in [9.17, 15) is 0 Å². The highest BCUT2D eigenvalue weighted by Crippen LogP contribution is 2.23. The molecule has 0 unspecified atom stereocenters. The van der Waals surface area contributed by atoms with Gasteiger partial charge < -0.3 is 10.6 Å². The zero-order valence-electron chi connectivity index (χ0n) is 11.0. The van der Waals surface area contributed by atoms with Crippen LogP contribution in [0.5, 0.6) is 0 Å². The summed E-state index contributed by atoms with van der Waals surface area (Å²) in [6.45, 7) is 4.47. The van der Waals surface area contributed by atoms with E-state index in [1.54, 1.807) is 5.56 Å². The molecule has 0 saturated heterocycles. The minimum Gasteiger partial charge on any atom is -0.315 e. The van der Waals surface area contributed by atoms with Crippen LogP contribution in [-0.2, 0) is 13.0 Å². The van der Waals surface area contributed by atoms with Crippen molar-refractivity contribution in [3.63, 3.8) is 0 Å². The smallest absolute Gasteiger partial charge is 0.0296 e. The van der Waals surface area contributed by atoms with Crippen molar-refractivity contribution >= 4 is 11.3 Å². The number of aryl methyl sites for hydroxylation is 2. The summed E-state index contributed by atoms with van der Waals surface area (Å²) in [5.41, 5.74) is 1.56. The van der Waals surface area contributed by atoms with Crippen molar-refractivity contribution in [2.24, 2.45) is 0 Å². The Morgan fingerprint density at radius 2 is 2.18 bits per heavy atom. The normalized spacial score (nSPS) is 15.4. The first kappa shape index (κ1) is 13.1. The van der Waals surface area contributed by atoms with Crippen molar-refractivity contribution in [2.45, 2.75) is 51.6 Å². The van der Waals surface area contributed by atoms with Crippen LogP contribution >= 0.6 is 11.3 Å². The van der Waals surface area contributed by atoms with Gasteiger partial charge >= 0.3 is 0 Å². The number of thiophene rings is 1. The Bertz CT molecular complexity index is 342. The number of hydrogen-bond acceptors (Lipinski definition) is 3. The third-order valence-corrected chi connectivity index (χ3v) is 4.40. The largest absolute Gasteiger partial charge is 0.315 e. The van der Waals surface area contributed by atoms with E-state index in [1.165, 1.54) is 48.4 Å². The monoisotopic (exact) mass is 252 g/mol. The van der Waals surface area contributed by atoms with E-state index in [4.69, 9.17) is 0 Å². The van der Waals surface area contributed by atoms with E-state index in [-0.39, 0.29) is 0 Å². The van der Waals surface area contributed by atoms with E-state index in [1.807, 2.05) is 18.4 Å². The van der Waals surface area contributed by atoms with Gasteiger partial charge in [0.05, 0.1) is 0 Å². The van der Waals surface area contributed by atoms with Gasteiger partial charge in [0.25, 0.3) is 0 Å². The molecule has 96 valence electrons. The number of rotatable bonds is 8. The molecule has 1 aliphatic carbocycles. The summed E-state index contributed by atoms with van der Waals surface area (Å²) in [7, 11) is 2.01. The SMILES string of the molecule is CNCc1cc(CCCCNC2CC2)c(C)s1. The summed E-state index contributed by atoms with van der Waals surface area (Å²) in [5, 5.41) is 6.80. The van der Waals surface area contributed by atoms with E-state index in [2.05, 4.69) is 23.6 Å². The molecule has 0 spiro atoms. The van der Waals surface area contributed by atoms with Gasteiger partial charge in [0, 0.05) is 22.3 Å². The van der Waals surface area contributed by atoms with Crippen molar-refractivity contribution in [3.8, 4) is 0 Å². The highest BCUT2D eigenvalue weighted by Gasteiger charge is 2.19. The van der Waals surface area contributed by atoms with Gasteiger partial charge in [-0.3, -0.25) is 0 Å². The average molecular weight is 252 g/mol. The van der Waals surface area contributed by atoms with Crippen LogP contribution in [0.2, 0.25) is 0 Å². The average Bonchev–Trinajstić information content (AvgIpc) is 3.05. The summed E-state index contributed by atoms with van der Waals surface area (Å²) >= 11 is 1.94. The van der Waals surface area contributed by atoms with Crippen molar-refractivity contribution in [2.75, 3.05) is 13.6 Å². The van der Waals surface area contributed by atoms with Gasteiger partial charge in [-0.25, -0.2) is 0 Å². The summed E-state index contributed by atoms with van der Waals surface area (Å²) in [6.07, 6.45) is 6.68. The van der Waals surface area contributed by atoms with Gasteiger partial charge in [0.15, 0.2) is 0 Å². The summed E-state index contributed by atoms with van der Waals surface area (Å²) < 4.78 is 0. The van der Waals surface area contributed by atoms with E-state index < -0.39 is 0 Å². The molecule has 0 radical (unpaired) electrons. The van der Waals surface area contributed by atoms with Gasteiger partial charge in [-0.1, -0.05) is 0 Å². The van der Waals surface area contributed by atoms with Crippen LogP contribution in [0, 0.1) is 6.92 Å². The Balaban J connectivity index is 1.66. The minimum absolute atomic E-state index is 0.861. The van der Waals surface area contributed by atoms with Gasteiger partial charge in [-0.2, -0.15) is 0 Å². The van der Waals surface area contributed by atoms with Gasteiger partial charge in [-0.15, -0.1) is 11.3 Å². The second-order valence-corrected chi connectivity index (χ2v) is 6.35. The number of hydrogen-bond donors (Lipinski definition) is 2. The molecular weight excluding hydrogens is 228 g/mol. The molecule has 1 saturated carbocycles. The molecule has 17 heavy (non-hydrogen) atoms. The van der Waals surface area contributed by atoms with Crippen molar-refractivity contribution in [3.05, 3.63) is 21.4 Å². The maximum Gasteiger partial charge on any atom is 0.0296 e. The van der Waals surface area contributed by atoms with Crippen LogP contribution < -0.4 is 10.6 Å². The fourth-order valence-corrected chi connectivity index (χ4v) is 3.23. The molecule has 1 aromatic heterocycles. The Hall–Kier alpha value is -0.380. The van der Waals surface area contributed by atoms with Crippen LogP contribution in [0.15, 0.2) is 6.07 Å². The van der Waals surface area contributed by atoms with Crippen LogP contribution in [0.3, 0.4) is 0 Å². The molecule has 1 aromatic rings. The Morgan fingerprint density at radius 1 is 1.35 bits per heavy atom. The Kier molecular flexibility index (Phi) is 5.01. The highest BCUT2D eigenvalue weighted by molar-refractivity contribution is 7.12. The van der Waals surface area contributed by atoms with Gasteiger partial charge in [-0.05, 0) is 64.3 Å². The molecule has 0 amide bonds. The second-order valence-electron chi connectivity index (χ2n) is 5.01. The second kappa shape index (κ2) is 6.53. The molecule has 0 atom stereocenters. The fraction of sp³-hybridized carbons (Fsp3) is 0.714. The molecule has 0 aliphatic heterocycles. The summed E-state index contributed by atoms with van der Waals surface area (Å²) in [5.74, 6) is 0. The third kappa shape index (κ3) is 4.41. The lowest BCUT2D eigenvalue weighted by Crippen LogP contribution is -2.17. The quantitative estimate of drug-likeness (QED) is 0.695. The Morgan fingerprint density at radius 3 is 2.88 bits per heavy atom. The van der Waals surface area contributed by atoms with E-state index in [0.717, 1.165) is 12.6 Å². The first-order valence-corrected chi connectivity index (χ1v) is 7.57. The number of nitrogens with one attached hydrogen (secondary N) is 2. The topological polar surface area (TPSA) is 24.1 Å². The maximum absolute atomic E-state index is 3.58. The molecule has 1 aliphatic rings. The Labute approximate surface area is 109 Å². The zero-order chi connectivity index (χ0) is 12.1. The number of unbranched alkanes of at least 4 members (excludes halogenated alkanes) is 1. The molecular formula is C14H24N2S. The molecule has 1 fully saturated rings. The summed E-state index contributed by atoms with van der Waals surface area (Å²) in [6, 6.07) is 3.24. The summed E-state index contributed by atoms with van der Waals surface area (Å²) in [4.78, 5) is 2.97. The van der Waals surface area contributed by atoms with Crippen molar-refractivity contribution in [1.82, 2.24) is 10.6 Å². The van der Waals surface area contributed by atoms with Gasteiger partial charge in [0.2, 0.25) is 0 Å². The minimum atomic E-state index is 0.861. The zero-order valence-corrected chi connectivity index (χ0v) is 11.8. The lowest BCUT2D eigenvalue weighted by Gasteiger charge is -2.02. The molecule has 0 aromatic carbocycles. The van der Waals surface area contributed by atoms with E-state index in [0.29, 0.717) is 0 Å². The molecule has 2 rings (SSSR count). The van der Waals surface area contributed by atoms with E-state index >= 15 is 0 Å². The fourth-order valence-electron chi connectivity index (χ4n) is 2.13. The lowest BCUT2D eigenvalue weighted by molar-refractivity contribution is 0.619. The highest BCUT2D eigenvalue weighted by atomic mass is 32.1. The van der Waals surface area contributed by atoms with Crippen molar-refractivity contribution < 1.29 is 0 Å². The predicted octanol–water partition coefficient (Wildman–Crippen LogP) is 2.85. The maximum atomic E-state index is 3.58. The van der Waals surface area contributed by atoms with Crippen LogP contribution in [-0.4, -0.2) is 19.6 Å². The first-order chi connectivity index (χ1) is 8.29. The van der Waals surface area contributed by atoms with Crippen LogP contribution in [0.1, 0.15) is 41.0 Å². The molecule has 1 heterocycles. The third-order valence-electron chi connectivity index (χ3n) is 3.31. The van der Waals surface area contributed by atoms with Crippen LogP contribution in [0.25, 0.3) is 0 Å². The van der Waals surface area contributed by atoms with Crippen LogP contribution in [0.4, 0.5) is 0 Å². The predicted molar refractivity (Wildman–Crippen MR) is 75.8 cm³/mol. The first-order valence-electron chi connectivity index (χ1n) is 6.75. The van der Waals surface area contributed by atoms with Crippen molar-refractivity contribution in [1.29, 1.82) is 0 Å². The molecule has 0 bridgehead atoms.